The maximum absolute atomic E-state index is 13.3. The quantitative estimate of drug-likeness (QED) is 0.572. The fourth-order valence-electron chi connectivity index (χ4n) is 2.55. The van der Waals surface area contributed by atoms with Crippen molar-refractivity contribution < 1.29 is 18.5 Å². The molecule has 0 saturated heterocycles. The molecule has 122 valence electrons. The van der Waals surface area contributed by atoms with Gasteiger partial charge in [-0.2, -0.15) is 0 Å². The van der Waals surface area contributed by atoms with Crippen LogP contribution >= 0.6 is 0 Å². The van der Waals surface area contributed by atoms with E-state index in [1.807, 2.05) is 0 Å². The number of nitrogens with zero attached hydrogens (tertiary/aromatic N) is 1. The first-order chi connectivity index (χ1) is 11.4. The van der Waals surface area contributed by atoms with Crippen molar-refractivity contribution in [2.75, 3.05) is 5.32 Å². The number of amides is 1. The molecule has 1 amide bonds. The molecule has 1 heterocycles. The molecule has 0 atom stereocenters. The number of aryl methyl sites for hydroxylation is 1. The maximum Gasteiger partial charge on any atom is 0.291 e. The van der Waals surface area contributed by atoms with Gasteiger partial charge in [-0.05, 0) is 38.1 Å². The number of halogens is 1. The molecule has 0 saturated carbocycles. The van der Waals surface area contributed by atoms with E-state index in [2.05, 4.69) is 5.32 Å². The van der Waals surface area contributed by atoms with Crippen molar-refractivity contribution in [3.8, 4) is 0 Å². The van der Waals surface area contributed by atoms with Crippen LogP contribution in [0.15, 0.2) is 40.8 Å². The van der Waals surface area contributed by atoms with Gasteiger partial charge < -0.3 is 9.73 Å². The third-order valence-electron chi connectivity index (χ3n) is 3.85. The molecule has 0 spiro atoms. The minimum Gasteiger partial charge on any atom is -0.451 e. The molecule has 0 fully saturated rings. The Morgan fingerprint density at radius 3 is 2.67 bits per heavy atom. The average Bonchev–Trinajstić information content (AvgIpc) is 2.86. The van der Waals surface area contributed by atoms with Crippen LogP contribution in [0.25, 0.3) is 11.0 Å². The second-order valence-corrected chi connectivity index (χ2v) is 5.36. The van der Waals surface area contributed by atoms with Gasteiger partial charge in [0.2, 0.25) is 0 Å². The molecule has 0 bridgehead atoms. The molecule has 7 heteroatoms. The molecule has 1 N–H and O–H groups in total. The lowest BCUT2D eigenvalue weighted by Crippen LogP contribution is -2.13. The van der Waals surface area contributed by atoms with Crippen molar-refractivity contribution in [3.63, 3.8) is 0 Å². The zero-order chi connectivity index (χ0) is 17.4. The van der Waals surface area contributed by atoms with Crippen molar-refractivity contribution in [1.29, 1.82) is 0 Å². The molecular weight excluding hydrogens is 315 g/mol. The largest absolute Gasteiger partial charge is 0.451 e. The van der Waals surface area contributed by atoms with Gasteiger partial charge in [0, 0.05) is 17.0 Å². The standard InChI is InChI=1S/C17H13FN2O4/c1-9-12-8-11(18)6-7-15(12)24-16(9)17(21)19-13-4-3-5-14(10(13)2)20(22)23/h3-8H,1-2H3,(H,19,21). The monoisotopic (exact) mass is 328 g/mol. The topological polar surface area (TPSA) is 85.4 Å². The van der Waals surface area contributed by atoms with Crippen LogP contribution in [-0.2, 0) is 0 Å². The Balaban J connectivity index is 1.98. The predicted molar refractivity (Wildman–Crippen MR) is 86.7 cm³/mol. The number of fused-ring (bicyclic) bond motifs is 1. The SMILES string of the molecule is Cc1c(NC(=O)c2oc3ccc(F)cc3c2C)cccc1[N+](=O)[O-]. The Hall–Kier alpha value is -3.22. The summed E-state index contributed by atoms with van der Waals surface area (Å²) in [6.07, 6.45) is 0. The van der Waals surface area contributed by atoms with Gasteiger partial charge in [0.05, 0.1) is 16.2 Å². The third kappa shape index (κ3) is 2.60. The van der Waals surface area contributed by atoms with Crippen LogP contribution in [0.4, 0.5) is 15.8 Å². The zero-order valence-electron chi connectivity index (χ0n) is 12.9. The van der Waals surface area contributed by atoms with E-state index in [1.54, 1.807) is 19.9 Å². The first-order valence-electron chi connectivity index (χ1n) is 7.12. The Morgan fingerprint density at radius 2 is 1.96 bits per heavy atom. The van der Waals surface area contributed by atoms with Crippen molar-refractivity contribution in [2.24, 2.45) is 0 Å². The zero-order valence-corrected chi connectivity index (χ0v) is 12.9. The smallest absolute Gasteiger partial charge is 0.291 e. The van der Waals surface area contributed by atoms with Gasteiger partial charge in [-0.15, -0.1) is 0 Å². The second kappa shape index (κ2) is 5.77. The summed E-state index contributed by atoms with van der Waals surface area (Å²) >= 11 is 0. The molecule has 24 heavy (non-hydrogen) atoms. The summed E-state index contributed by atoms with van der Waals surface area (Å²) in [6, 6.07) is 8.41. The number of hydrogen-bond donors (Lipinski definition) is 1. The molecule has 0 aliphatic heterocycles. The second-order valence-electron chi connectivity index (χ2n) is 5.36. The van der Waals surface area contributed by atoms with E-state index < -0.39 is 16.6 Å². The lowest BCUT2D eigenvalue weighted by molar-refractivity contribution is -0.385. The van der Waals surface area contributed by atoms with Gasteiger partial charge >= 0.3 is 0 Å². The van der Waals surface area contributed by atoms with E-state index in [1.165, 1.54) is 30.3 Å². The summed E-state index contributed by atoms with van der Waals surface area (Å²) in [5.41, 5.74) is 1.48. The van der Waals surface area contributed by atoms with Gasteiger partial charge in [0.25, 0.3) is 11.6 Å². The fraction of sp³-hybridized carbons (Fsp3) is 0.118. The van der Waals surface area contributed by atoms with Gasteiger partial charge in [0.15, 0.2) is 5.76 Å². The summed E-state index contributed by atoms with van der Waals surface area (Å²) in [5.74, 6) is -0.929. The van der Waals surface area contributed by atoms with Gasteiger partial charge in [-0.1, -0.05) is 6.07 Å². The Morgan fingerprint density at radius 1 is 1.21 bits per heavy atom. The molecule has 3 rings (SSSR count). The number of carbonyl (C=O) groups is 1. The Bertz CT molecular complexity index is 978. The van der Waals surface area contributed by atoms with Crippen LogP contribution in [-0.4, -0.2) is 10.8 Å². The number of benzene rings is 2. The van der Waals surface area contributed by atoms with Gasteiger partial charge in [0.1, 0.15) is 11.4 Å². The van der Waals surface area contributed by atoms with Crippen molar-refractivity contribution in [3.05, 3.63) is 69.2 Å². The Kier molecular flexibility index (Phi) is 3.76. The van der Waals surface area contributed by atoms with Crippen molar-refractivity contribution >= 4 is 28.3 Å². The molecule has 3 aromatic rings. The maximum atomic E-state index is 13.3. The van der Waals surface area contributed by atoms with E-state index in [9.17, 15) is 19.3 Å². The number of furan rings is 1. The Labute approximate surface area is 136 Å². The lowest BCUT2D eigenvalue weighted by Gasteiger charge is -2.07. The molecule has 2 aromatic carbocycles. The summed E-state index contributed by atoms with van der Waals surface area (Å²) < 4.78 is 18.8. The number of nitro groups is 1. The molecule has 1 aromatic heterocycles. The molecule has 6 nitrogen and oxygen atoms in total. The van der Waals surface area contributed by atoms with Crippen LogP contribution in [0.2, 0.25) is 0 Å². The van der Waals surface area contributed by atoms with E-state index in [0.29, 0.717) is 27.8 Å². The minimum atomic E-state index is -0.548. The lowest BCUT2D eigenvalue weighted by atomic mass is 10.1. The van der Waals surface area contributed by atoms with Crippen LogP contribution in [0.5, 0.6) is 0 Å². The number of anilines is 1. The number of nitro benzene ring substituents is 1. The van der Waals surface area contributed by atoms with Crippen molar-refractivity contribution in [1.82, 2.24) is 0 Å². The first-order valence-corrected chi connectivity index (χ1v) is 7.12. The minimum absolute atomic E-state index is 0.0431. The predicted octanol–water partition coefficient (Wildman–Crippen LogP) is 4.35. The molecule has 0 unspecified atom stereocenters. The van der Waals surface area contributed by atoms with Gasteiger partial charge in [-0.25, -0.2) is 4.39 Å². The highest BCUT2D eigenvalue weighted by molar-refractivity contribution is 6.06. The van der Waals surface area contributed by atoms with Crippen LogP contribution < -0.4 is 5.32 Å². The summed E-state index contributed by atoms with van der Waals surface area (Å²) in [4.78, 5) is 22.9. The number of nitrogens with one attached hydrogen (secondary N) is 1. The summed E-state index contributed by atoms with van der Waals surface area (Å²) in [6.45, 7) is 3.20. The van der Waals surface area contributed by atoms with Crippen LogP contribution in [0.1, 0.15) is 21.7 Å². The van der Waals surface area contributed by atoms with E-state index in [0.717, 1.165) is 0 Å². The normalized spacial score (nSPS) is 10.8. The highest BCUT2D eigenvalue weighted by atomic mass is 19.1. The van der Waals surface area contributed by atoms with E-state index >= 15 is 0 Å². The highest BCUT2D eigenvalue weighted by Crippen LogP contribution is 2.29. The number of hydrogen-bond acceptors (Lipinski definition) is 4. The summed E-state index contributed by atoms with van der Waals surface area (Å²) in [5, 5.41) is 14.1. The van der Waals surface area contributed by atoms with E-state index in [-0.39, 0.29) is 11.4 Å². The average molecular weight is 328 g/mol. The fourth-order valence-corrected chi connectivity index (χ4v) is 2.55. The first kappa shape index (κ1) is 15.7. The van der Waals surface area contributed by atoms with E-state index in [4.69, 9.17) is 4.42 Å². The number of rotatable bonds is 3. The molecule has 0 radical (unpaired) electrons. The number of carbonyl (C=O) groups excluding carboxylic acids is 1. The molecule has 0 aliphatic rings. The third-order valence-corrected chi connectivity index (χ3v) is 3.85. The molecule has 0 aliphatic carbocycles. The van der Waals surface area contributed by atoms with Crippen molar-refractivity contribution in [2.45, 2.75) is 13.8 Å². The molecular formula is C17H13FN2O4. The van der Waals surface area contributed by atoms with Gasteiger partial charge in [-0.3, -0.25) is 14.9 Å². The highest BCUT2D eigenvalue weighted by Gasteiger charge is 2.20. The van der Waals surface area contributed by atoms with Crippen LogP contribution in [0, 0.1) is 29.8 Å². The summed E-state index contributed by atoms with van der Waals surface area (Å²) in [7, 11) is 0. The van der Waals surface area contributed by atoms with Crippen LogP contribution in [0.3, 0.4) is 0 Å².